The molecule has 0 bridgehead atoms. The van der Waals surface area contributed by atoms with Gasteiger partial charge in [-0.15, -0.1) is 0 Å². The summed E-state index contributed by atoms with van der Waals surface area (Å²) in [5.41, 5.74) is 4.23. The molecule has 1 saturated heterocycles. The van der Waals surface area contributed by atoms with Gasteiger partial charge in [0.1, 0.15) is 5.60 Å². The number of amides is 1. The fourth-order valence-electron chi connectivity index (χ4n) is 2.17. The molecule has 5 nitrogen and oxygen atoms in total. The summed E-state index contributed by atoms with van der Waals surface area (Å²) < 4.78 is 5.39. The molecule has 1 fully saturated rings. The molecule has 1 aromatic carbocycles. The van der Waals surface area contributed by atoms with Crippen LogP contribution in [0.3, 0.4) is 0 Å². The Balaban J connectivity index is 1.72. The summed E-state index contributed by atoms with van der Waals surface area (Å²) >= 11 is 0. The molecule has 21 heavy (non-hydrogen) atoms. The van der Waals surface area contributed by atoms with E-state index in [0.717, 1.165) is 19.6 Å². The fraction of sp³-hybridized carbons (Fsp3) is 0.562. The van der Waals surface area contributed by atoms with Gasteiger partial charge < -0.3 is 9.64 Å². The van der Waals surface area contributed by atoms with E-state index in [2.05, 4.69) is 22.6 Å². The number of rotatable bonds is 3. The third-order valence-electron chi connectivity index (χ3n) is 3.28. The zero-order valence-corrected chi connectivity index (χ0v) is 13.1. The van der Waals surface area contributed by atoms with Crippen LogP contribution >= 0.6 is 0 Å². The number of nitrogens with one attached hydrogen (secondary N) is 1. The van der Waals surface area contributed by atoms with Gasteiger partial charge in [-0.05, 0) is 26.3 Å². The molecule has 1 heterocycles. The Kier molecular flexibility index (Phi) is 5.20. The number of hydrogen-bond acceptors (Lipinski definition) is 4. The molecule has 116 valence electrons. The number of carbonyl (C=O) groups is 1. The zero-order valence-electron chi connectivity index (χ0n) is 13.1. The van der Waals surface area contributed by atoms with Crippen LogP contribution in [0, 0.1) is 0 Å². The van der Waals surface area contributed by atoms with Crippen LogP contribution in [-0.4, -0.2) is 47.8 Å². The number of hydrazine groups is 1. The Morgan fingerprint density at radius 1 is 1.14 bits per heavy atom. The van der Waals surface area contributed by atoms with Crippen LogP contribution in [0.15, 0.2) is 30.3 Å². The number of ether oxygens (including phenoxy) is 1. The van der Waals surface area contributed by atoms with Crippen LogP contribution in [-0.2, 0) is 11.3 Å². The first kappa shape index (κ1) is 15.8. The number of benzene rings is 1. The normalized spacial score (nSPS) is 16.8. The van der Waals surface area contributed by atoms with Crippen molar-refractivity contribution in [2.75, 3.05) is 26.2 Å². The van der Waals surface area contributed by atoms with E-state index in [4.69, 9.17) is 4.74 Å². The van der Waals surface area contributed by atoms with Crippen LogP contribution in [0.2, 0.25) is 0 Å². The Morgan fingerprint density at radius 3 is 2.33 bits per heavy atom. The highest BCUT2D eigenvalue weighted by Gasteiger charge is 2.25. The van der Waals surface area contributed by atoms with Gasteiger partial charge in [0.25, 0.3) is 0 Å². The molecule has 1 aliphatic rings. The van der Waals surface area contributed by atoms with Crippen LogP contribution < -0.4 is 5.43 Å². The predicted molar refractivity (Wildman–Crippen MR) is 82.7 cm³/mol. The van der Waals surface area contributed by atoms with E-state index < -0.39 is 5.60 Å². The Morgan fingerprint density at radius 2 is 1.76 bits per heavy atom. The first-order valence-electron chi connectivity index (χ1n) is 7.44. The molecular formula is C16H25N3O2. The van der Waals surface area contributed by atoms with Gasteiger partial charge in [0.05, 0.1) is 0 Å². The topological polar surface area (TPSA) is 44.8 Å². The van der Waals surface area contributed by atoms with Crippen molar-refractivity contribution >= 4 is 6.09 Å². The van der Waals surface area contributed by atoms with Gasteiger partial charge in [-0.3, -0.25) is 5.43 Å². The minimum Gasteiger partial charge on any atom is -0.444 e. The Labute approximate surface area is 126 Å². The van der Waals surface area contributed by atoms with Crippen LogP contribution in [0.5, 0.6) is 0 Å². The molecule has 1 aromatic rings. The van der Waals surface area contributed by atoms with E-state index in [1.165, 1.54) is 5.56 Å². The van der Waals surface area contributed by atoms with E-state index in [-0.39, 0.29) is 6.09 Å². The van der Waals surface area contributed by atoms with Crippen molar-refractivity contribution in [1.82, 2.24) is 15.3 Å². The van der Waals surface area contributed by atoms with Crippen LogP contribution in [0.25, 0.3) is 0 Å². The van der Waals surface area contributed by atoms with Gasteiger partial charge in [-0.2, -0.15) is 0 Å². The predicted octanol–water partition coefficient (Wildman–Crippen LogP) is 2.24. The molecule has 0 saturated carbocycles. The van der Waals surface area contributed by atoms with Crippen molar-refractivity contribution in [3.63, 3.8) is 0 Å². The molecule has 0 radical (unpaired) electrons. The lowest BCUT2D eigenvalue weighted by atomic mass is 10.2. The summed E-state index contributed by atoms with van der Waals surface area (Å²) in [6.45, 7) is 9.49. The second-order valence-corrected chi connectivity index (χ2v) is 6.27. The van der Waals surface area contributed by atoms with Crippen LogP contribution in [0.1, 0.15) is 26.3 Å². The smallest absolute Gasteiger partial charge is 0.410 e. The lowest BCUT2D eigenvalue weighted by molar-refractivity contribution is 0.00883. The van der Waals surface area contributed by atoms with Gasteiger partial charge >= 0.3 is 6.09 Å². The molecular weight excluding hydrogens is 266 g/mol. The van der Waals surface area contributed by atoms with Crippen LogP contribution in [0.4, 0.5) is 4.79 Å². The Bertz CT molecular complexity index is 448. The third kappa shape index (κ3) is 5.36. The average Bonchev–Trinajstić information content (AvgIpc) is 2.45. The SMILES string of the molecule is CC(C)(C)OC(=O)N1CCN(NCc2ccccc2)CC1. The molecule has 0 aliphatic carbocycles. The first-order chi connectivity index (χ1) is 9.94. The molecule has 1 amide bonds. The highest BCUT2D eigenvalue weighted by molar-refractivity contribution is 5.68. The second-order valence-electron chi connectivity index (χ2n) is 6.27. The summed E-state index contributed by atoms with van der Waals surface area (Å²) in [6, 6.07) is 10.3. The van der Waals surface area contributed by atoms with Gasteiger partial charge in [0.2, 0.25) is 0 Å². The minimum atomic E-state index is -0.431. The molecule has 1 aliphatic heterocycles. The average molecular weight is 291 g/mol. The van der Waals surface area contributed by atoms with E-state index in [1.807, 2.05) is 39.0 Å². The molecule has 2 rings (SSSR count). The van der Waals surface area contributed by atoms with Gasteiger partial charge in [0, 0.05) is 32.7 Å². The molecule has 0 unspecified atom stereocenters. The molecule has 0 atom stereocenters. The lowest BCUT2D eigenvalue weighted by Crippen LogP contribution is -2.53. The molecule has 0 aromatic heterocycles. The van der Waals surface area contributed by atoms with Crippen molar-refractivity contribution in [3.8, 4) is 0 Å². The van der Waals surface area contributed by atoms with E-state index in [9.17, 15) is 4.79 Å². The highest BCUT2D eigenvalue weighted by Crippen LogP contribution is 2.11. The largest absolute Gasteiger partial charge is 0.444 e. The van der Waals surface area contributed by atoms with Crippen molar-refractivity contribution in [1.29, 1.82) is 0 Å². The minimum absolute atomic E-state index is 0.217. The third-order valence-corrected chi connectivity index (χ3v) is 3.28. The summed E-state index contributed by atoms with van der Waals surface area (Å²) in [4.78, 5) is 13.7. The molecule has 0 spiro atoms. The maximum absolute atomic E-state index is 12.0. The van der Waals surface area contributed by atoms with Gasteiger partial charge in [0.15, 0.2) is 0 Å². The van der Waals surface area contributed by atoms with Crippen molar-refractivity contribution < 1.29 is 9.53 Å². The summed E-state index contributed by atoms with van der Waals surface area (Å²) in [7, 11) is 0. The number of nitrogens with zero attached hydrogens (tertiary/aromatic N) is 2. The summed E-state index contributed by atoms with van der Waals surface area (Å²) in [5, 5.41) is 2.16. The highest BCUT2D eigenvalue weighted by atomic mass is 16.6. The van der Waals surface area contributed by atoms with Gasteiger partial charge in [-0.25, -0.2) is 9.80 Å². The Hall–Kier alpha value is -1.59. The van der Waals surface area contributed by atoms with Gasteiger partial charge in [-0.1, -0.05) is 30.3 Å². The lowest BCUT2D eigenvalue weighted by Gasteiger charge is -2.35. The fourth-order valence-corrected chi connectivity index (χ4v) is 2.17. The van der Waals surface area contributed by atoms with Crippen molar-refractivity contribution in [2.45, 2.75) is 32.9 Å². The van der Waals surface area contributed by atoms with Crippen molar-refractivity contribution in [3.05, 3.63) is 35.9 Å². The van der Waals surface area contributed by atoms with E-state index >= 15 is 0 Å². The maximum Gasteiger partial charge on any atom is 0.410 e. The number of piperazine rings is 1. The van der Waals surface area contributed by atoms with E-state index in [1.54, 1.807) is 4.90 Å². The quantitative estimate of drug-likeness (QED) is 0.927. The second kappa shape index (κ2) is 6.91. The molecule has 1 N–H and O–H groups in total. The zero-order chi connectivity index (χ0) is 15.3. The maximum atomic E-state index is 12.0. The molecule has 5 heteroatoms. The van der Waals surface area contributed by atoms with E-state index in [0.29, 0.717) is 13.1 Å². The standard InChI is InChI=1S/C16H25N3O2/c1-16(2,3)21-15(20)18-9-11-19(12-10-18)17-13-14-7-5-4-6-8-14/h4-8,17H,9-13H2,1-3H3. The number of hydrogen-bond donors (Lipinski definition) is 1. The number of carbonyl (C=O) groups excluding carboxylic acids is 1. The van der Waals surface area contributed by atoms with Crippen molar-refractivity contribution in [2.24, 2.45) is 0 Å². The summed E-state index contributed by atoms with van der Waals surface area (Å²) in [6.07, 6.45) is -0.217. The summed E-state index contributed by atoms with van der Waals surface area (Å²) in [5.74, 6) is 0. The monoisotopic (exact) mass is 291 g/mol. The first-order valence-corrected chi connectivity index (χ1v) is 7.44.